The van der Waals surface area contributed by atoms with E-state index < -0.39 is 0 Å². The number of nitrogens with one attached hydrogen (secondary N) is 1. The Hall–Kier alpha value is -1.14. The number of amides is 2. The third-order valence-corrected chi connectivity index (χ3v) is 4.09. The smallest absolute Gasteiger partial charge is 0.245 e. The minimum atomic E-state index is -0.308. The quantitative estimate of drug-likeness (QED) is 0.665. The van der Waals surface area contributed by atoms with E-state index in [1.807, 2.05) is 11.8 Å². The standard InChI is InChI=1S/C15H26N2O4/c1-11-10-13(18)16-14(12-4-5-12)15(19)17(11)6-3-7-21-9-8-20-2/h11-12,14H,3-10H2,1-2H3,(H,16,18). The Labute approximate surface area is 126 Å². The summed E-state index contributed by atoms with van der Waals surface area (Å²) in [6.45, 7) is 4.35. The van der Waals surface area contributed by atoms with E-state index in [0.29, 0.717) is 38.7 Å². The summed E-state index contributed by atoms with van der Waals surface area (Å²) in [5, 5.41) is 2.89. The lowest BCUT2D eigenvalue weighted by atomic mass is 10.1. The summed E-state index contributed by atoms with van der Waals surface area (Å²) in [6, 6.07) is -0.350. The van der Waals surface area contributed by atoms with E-state index in [9.17, 15) is 9.59 Å². The maximum Gasteiger partial charge on any atom is 0.245 e. The fourth-order valence-electron chi connectivity index (χ4n) is 2.73. The van der Waals surface area contributed by atoms with Gasteiger partial charge in [0.1, 0.15) is 6.04 Å². The lowest BCUT2D eigenvalue weighted by Gasteiger charge is -2.28. The van der Waals surface area contributed by atoms with Gasteiger partial charge in [0.05, 0.1) is 13.2 Å². The van der Waals surface area contributed by atoms with Crippen LogP contribution in [0.3, 0.4) is 0 Å². The summed E-state index contributed by atoms with van der Waals surface area (Å²) in [5.74, 6) is 0.409. The fourth-order valence-corrected chi connectivity index (χ4v) is 2.73. The van der Waals surface area contributed by atoms with Crippen molar-refractivity contribution in [1.29, 1.82) is 0 Å². The average Bonchev–Trinajstić information content (AvgIpc) is 3.27. The summed E-state index contributed by atoms with van der Waals surface area (Å²) >= 11 is 0. The number of rotatable bonds is 8. The molecule has 2 rings (SSSR count). The zero-order valence-electron chi connectivity index (χ0n) is 13.0. The number of hydrogen-bond donors (Lipinski definition) is 1. The third kappa shape index (κ3) is 4.68. The van der Waals surface area contributed by atoms with Crippen molar-refractivity contribution in [2.45, 2.75) is 44.7 Å². The molecule has 0 aromatic carbocycles. The van der Waals surface area contributed by atoms with Crippen LogP contribution in [0.5, 0.6) is 0 Å². The molecule has 6 heteroatoms. The van der Waals surface area contributed by atoms with Crippen molar-refractivity contribution in [3.8, 4) is 0 Å². The van der Waals surface area contributed by atoms with Gasteiger partial charge in [-0.05, 0) is 32.1 Å². The van der Waals surface area contributed by atoms with Crippen LogP contribution in [0, 0.1) is 5.92 Å². The highest BCUT2D eigenvalue weighted by molar-refractivity contribution is 5.91. The second-order valence-electron chi connectivity index (χ2n) is 5.93. The van der Waals surface area contributed by atoms with Crippen LogP contribution in [0.1, 0.15) is 32.6 Å². The van der Waals surface area contributed by atoms with Crippen molar-refractivity contribution >= 4 is 11.8 Å². The molecule has 120 valence electrons. The van der Waals surface area contributed by atoms with E-state index in [-0.39, 0.29) is 23.9 Å². The van der Waals surface area contributed by atoms with E-state index in [0.717, 1.165) is 19.3 Å². The average molecular weight is 298 g/mol. The van der Waals surface area contributed by atoms with Crippen LogP contribution in [0.15, 0.2) is 0 Å². The minimum Gasteiger partial charge on any atom is -0.382 e. The second-order valence-corrected chi connectivity index (χ2v) is 5.93. The first-order chi connectivity index (χ1) is 10.1. The van der Waals surface area contributed by atoms with Crippen molar-refractivity contribution in [3.05, 3.63) is 0 Å². The van der Waals surface area contributed by atoms with Crippen LogP contribution in [0.25, 0.3) is 0 Å². The van der Waals surface area contributed by atoms with Gasteiger partial charge in [0.25, 0.3) is 0 Å². The predicted octanol–water partition coefficient (Wildman–Crippen LogP) is 0.555. The highest BCUT2D eigenvalue weighted by Gasteiger charge is 2.42. The predicted molar refractivity (Wildman–Crippen MR) is 77.8 cm³/mol. The first kappa shape index (κ1) is 16.2. The van der Waals surface area contributed by atoms with Crippen LogP contribution in [0.4, 0.5) is 0 Å². The molecular formula is C15H26N2O4. The number of nitrogens with zero attached hydrogens (tertiary/aromatic N) is 1. The molecule has 0 radical (unpaired) electrons. The van der Waals surface area contributed by atoms with E-state index in [1.165, 1.54) is 0 Å². The Balaban J connectivity index is 1.83. The molecule has 2 amide bonds. The first-order valence-corrected chi connectivity index (χ1v) is 7.80. The summed E-state index contributed by atoms with van der Waals surface area (Å²) < 4.78 is 10.3. The van der Waals surface area contributed by atoms with E-state index in [2.05, 4.69) is 5.32 Å². The molecule has 1 saturated heterocycles. The highest BCUT2D eigenvalue weighted by Crippen LogP contribution is 2.34. The molecule has 1 aliphatic carbocycles. The van der Waals surface area contributed by atoms with Gasteiger partial charge in [-0.2, -0.15) is 0 Å². The summed E-state index contributed by atoms with van der Waals surface area (Å²) in [5.41, 5.74) is 0. The maximum absolute atomic E-state index is 12.6. The molecule has 1 heterocycles. The fraction of sp³-hybridized carbons (Fsp3) is 0.867. The topological polar surface area (TPSA) is 67.9 Å². The maximum atomic E-state index is 12.6. The monoisotopic (exact) mass is 298 g/mol. The molecule has 2 fully saturated rings. The number of methoxy groups -OCH3 is 1. The zero-order valence-corrected chi connectivity index (χ0v) is 13.0. The van der Waals surface area contributed by atoms with Gasteiger partial charge in [0.15, 0.2) is 0 Å². The van der Waals surface area contributed by atoms with Crippen LogP contribution in [0.2, 0.25) is 0 Å². The van der Waals surface area contributed by atoms with Crippen LogP contribution in [-0.4, -0.2) is 62.3 Å². The third-order valence-electron chi connectivity index (χ3n) is 4.09. The summed E-state index contributed by atoms with van der Waals surface area (Å²) in [6.07, 6.45) is 3.25. The summed E-state index contributed by atoms with van der Waals surface area (Å²) in [4.78, 5) is 26.3. The molecule has 1 aliphatic heterocycles. The van der Waals surface area contributed by atoms with Gasteiger partial charge in [-0.3, -0.25) is 9.59 Å². The zero-order chi connectivity index (χ0) is 15.2. The van der Waals surface area contributed by atoms with Gasteiger partial charge in [0.2, 0.25) is 11.8 Å². The molecule has 0 bridgehead atoms. The lowest BCUT2D eigenvalue weighted by Crippen LogP contribution is -2.48. The van der Waals surface area contributed by atoms with Crippen LogP contribution >= 0.6 is 0 Å². The Bertz CT molecular complexity index is 371. The van der Waals surface area contributed by atoms with Gasteiger partial charge < -0.3 is 19.7 Å². The number of carbonyl (C=O) groups is 2. The van der Waals surface area contributed by atoms with Crippen LogP contribution < -0.4 is 5.32 Å². The lowest BCUT2D eigenvalue weighted by molar-refractivity contribution is -0.135. The van der Waals surface area contributed by atoms with Gasteiger partial charge in [-0.1, -0.05) is 0 Å². The molecule has 0 aromatic heterocycles. The Kier molecular flexibility index (Phi) is 5.99. The van der Waals surface area contributed by atoms with Crippen LogP contribution in [-0.2, 0) is 19.1 Å². The molecule has 1 N–H and O–H groups in total. The molecule has 2 unspecified atom stereocenters. The van der Waals surface area contributed by atoms with Crippen molar-refractivity contribution < 1.29 is 19.1 Å². The molecule has 2 aliphatic rings. The Morgan fingerprint density at radius 3 is 2.67 bits per heavy atom. The highest BCUT2D eigenvalue weighted by atomic mass is 16.5. The van der Waals surface area contributed by atoms with Crippen molar-refractivity contribution in [2.24, 2.45) is 5.92 Å². The number of ether oxygens (including phenoxy) is 2. The molecule has 1 saturated carbocycles. The first-order valence-electron chi connectivity index (χ1n) is 7.80. The van der Waals surface area contributed by atoms with Gasteiger partial charge in [0, 0.05) is 32.7 Å². The molecule has 0 spiro atoms. The minimum absolute atomic E-state index is 0.00778. The molecular weight excluding hydrogens is 272 g/mol. The largest absolute Gasteiger partial charge is 0.382 e. The second kappa shape index (κ2) is 7.75. The Morgan fingerprint density at radius 1 is 1.24 bits per heavy atom. The van der Waals surface area contributed by atoms with Crippen molar-refractivity contribution in [2.75, 3.05) is 33.5 Å². The molecule has 6 nitrogen and oxygen atoms in total. The van der Waals surface area contributed by atoms with E-state index in [1.54, 1.807) is 7.11 Å². The van der Waals surface area contributed by atoms with Gasteiger partial charge in [-0.25, -0.2) is 0 Å². The normalized spacial score (nSPS) is 26.7. The number of carbonyl (C=O) groups excluding carboxylic acids is 2. The summed E-state index contributed by atoms with van der Waals surface area (Å²) in [7, 11) is 1.64. The molecule has 21 heavy (non-hydrogen) atoms. The van der Waals surface area contributed by atoms with Crippen molar-refractivity contribution in [3.63, 3.8) is 0 Å². The van der Waals surface area contributed by atoms with Gasteiger partial charge in [-0.15, -0.1) is 0 Å². The SMILES string of the molecule is COCCOCCCN1C(=O)C(C2CC2)NC(=O)CC1C. The Morgan fingerprint density at radius 2 is 2.00 bits per heavy atom. The van der Waals surface area contributed by atoms with Gasteiger partial charge >= 0.3 is 0 Å². The van der Waals surface area contributed by atoms with E-state index >= 15 is 0 Å². The molecule has 2 atom stereocenters. The van der Waals surface area contributed by atoms with Crippen molar-refractivity contribution in [1.82, 2.24) is 10.2 Å². The molecule has 0 aromatic rings. The number of hydrogen-bond acceptors (Lipinski definition) is 4. The van der Waals surface area contributed by atoms with E-state index in [4.69, 9.17) is 9.47 Å².